The smallest absolute Gasteiger partial charge is 0.0654 e. The van der Waals surface area contributed by atoms with E-state index in [1.165, 1.54) is 81.3 Å². The maximum Gasteiger partial charge on any atom is 0.113 e. The first-order chi connectivity index (χ1) is 22.6. The van der Waals surface area contributed by atoms with Gasteiger partial charge < -0.3 is 0 Å². The Bertz CT molecular complexity index is 1660. The number of benzene rings is 4. The Morgan fingerprint density at radius 3 is 1.23 bits per heavy atom. The first-order valence-electron chi connectivity index (χ1n) is 18.3. The lowest BCUT2D eigenvalue weighted by Gasteiger charge is -2.33. The summed E-state index contributed by atoms with van der Waals surface area (Å²) in [7, 11) is -2.26. The fraction of sp³-hybridized carbons (Fsp3) is 0.348. The Morgan fingerprint density at radius 1 is 0.511 bits per heavy atom. The molecule has 1 heteroatoms. The maximum absolute atomic E-state index is 2.67. The van der Waals surface area contributed by atoms with Gasteiger partial charge in [0, 0.05) is 12.8 Å². The van der Waals surface area contributed by atoms with Crippen LogP contribution in [-0.4, -0.2) is 8.07 Å². The third-order valence-electron chi connectivity index (χ3n) is 10.6. The molecule has 0 saturated carbocycles. The van der Waals surface area contributed by atoms with Crippen molar-refractivity contribution >= 4 is 18.5 Å². The average molecular weight is 635 g/mol. The van der Waals surface area contributed by atoms with Crippen molar-refractivity contribution in [3.8, 4) is 22.3 Å². The summed E-state index contributed by atoms with van der Waals surface area (Å²) >= 11 is 0. The van der Waals surface area contributed by atoms with Gasteiger partial charge in [-0.2, -0.15) is 0 Å². The molecule has 0 N–H and O–H groups in total. The fourth-order valence-corrected chi connectivity index (χ4v) is 12.1. The second-order valence-corrected chi connectivity index (χ2v) is 19.3. The van der Waals surface area contributed by atoms with E-state index in [0.29, 0.717) is 11.8 Å². The maximum atomic E-state index is 2.67. The van der Waals surface area contributed by atoms with Gasteiger partial charge in [0.1, 0.15) is 8.07 Å². The molecule has 0 aromatic heterocycles. The molecule has 0 spiro atoms. The topological polar surface area (TPSA) is 0 Å². The zero-order chi connectivity index (χ0) is 33.3. The van der Waals surface area contributed by atoms with Crippen LogP contribution in [0, 0.1) is 12.8 Å². The molecule has 2 aliphatic rings. The minimum Gasteiger partial charge on any atom is -0.0654 e. The largest absolute Gasteiger partial charge is 0.113 e. The quantitative estimate of drug-likeness (QED) is 0.136. The summed E-state index contributed by atoms with van der Waals surface area (Å²) in [4.78, 5) is 0. The summed E-state index contributed by atoms with van der Waals surface area (Å²) in [6, 6.07) is 32.9. The van der Waals surface area contributed by atoms with Gasteiger partial charge in [0.2, 0.25) is 0 Å². The normalized spacial score (nSPS) is 14.5. The average Bonchev–Trinajstić information content (AvgIpc) is 3.65. The predicted octanol–water partition coefficient (Wildman–Crippen LogP) is 13.8. The fourth-order valence-electron chi connectivity index (χ4n) is 8.04. The molecule has 6 rings (SSSR count). The van der Waals surface area contributed by atoms with Gasteiger partial charge in [0.25, 0.3) is 0 Å². The molecule has 2 radical (unpaired) electrons. The molecule has 0 heterocycles. The third kappa shape index (κ3) is 6.41. The zero-order valence-corrected chi connectivity index (χ0v) is 31.1. The number of rotatable bonds is 12. The molecule has 4 aromatic rings. The second kappa shape index (κ2) is 14.0. The highest BCUT2D eigenvalue weighted by Gasteiger charge is 2.43. The summed E-state index contributed by atoms with van der Waals surface area (Å²) in [5.41, 5.74) is 17.3. The standard InChI is InChI=1S/C46H54Si/c1-9-11-15-39-29-37-17-13-19-41(35-25-21-33(22-26-35)31(3)4)43(37)45(39)47(7,8)46-40(16-12-10-2)30-38-18-14-20-42(44(38)46)36-27-23-34(24-28-36)32(5)6/h13-14,17-32H,9-12,15-16H2,1-8H3. The lowest BCUT2D eigenvalue weighted by Crippen LogP contribution is -2.32. The van der Waals surface area contributed by atoms with Crippen molar-refractivity contribution in [1.82, 2.24) is 0 Å². The lowest BCUT2D eigenvalue weighted by atomic mass is 9.94. The van der Waals surface area contributed by atoms with Crippen molar-refractivity contribution in [3.05, 3.63) is 142 Å². The molecule has 0 aliphatic heterocycles. The van der Waals surface area contributed by atoms with Gasteiger partial charge in [-0.25, -0.2) is 0 Å². The van der Waals surface area contributed by atoms with E-state index in [0.717, 1.165) is 12.8 Å². The molecule has 0 fully saturated rings. The van der Waals surface area contributed by atoms with Crippen LogP contribution in [0.3, 0.4) is 0 Å². The van der Waals surface area contributed by atoms with Crippen molar-refractivity contribution in [2.75, 3.05) is 0 Å². The van der Waals surface area contributed by atoms with Crippen molar-refractivity contribution in [1.29, 1.82) is 0 Å². The minimum absolute atomic E-state index is 0.532. The third-order valence-corrected chi connectivity index (χ3v) is 14.3. The van der Waals surface area contributed by atoms with Gasteiger partial charge in [-0.3, -0.25) is 0 Å². The molecule has 0 bridgehead atoms. The van der Waals surface area contributed by atoms with E-state index in [-0.39, 0.29) is 0 Å². The molecule has 2 aliphatic carbocycles. The summed E-state index contributed by atoms with van der Waals surface area (Å²) in [6.45, 7) is 19.1. The van der Waals surface area contributed by atoms with Crippen LogP contribution in [0.5, 0.6) is 0 Å². The highest BCUT2D eigenvalue weighted by Crippen LogP contribution is 2.54. The van der Waals surface area contributed by atoms with Crippen LogP contribution in [0.1, 0.15) is 125 Å². The SMILES string of the molecule is CCCCC1=C([Si](C)(C)C2=C(CCCC)[CH]c3cccc(-c4ccc(C(C)C)cc4)c32)c2c(cccc2-c2ccc(C(C)C)cc2)[CH]1. The molecule has 0 saturated heterocycles. The molecule has 0 nitrogen and oxygen atoms in total. The Balaban J connectivity index is 1.56. The highest BCUT2D eigenvalue weighted by molar-refractivity contribution is 7.09. The Hall–Kier alpha value is -3.42. The number of fused-ring (bicyclic) bond motifs is 2. The van der Waals surface area contributed by atoms with Gasteiger partial charge in [0.05, 0.1) is 0 Å². The van der Waals surface area contributed by atoms with Crippen LogP contribution in [0.25, 0.3) is 32.6 Å². The van der Waals surface area contributed by atoms with E-state index in [2.05, 4.69) is 152 Å². The van der Waals surface area contributed by atoms with Crippen LogP contribution in [0.4, 0.5) is 0 Å². The number of unbranched alkanes of at least 4 members (excludes halogenated alkanes) is 2. The summed E-state index contributed by atoms with van der Waals surface area (Å²) < 4.78 is 0. The molecular weight excluding hydrogens is 581 g/mol. The van der Waals surface area contributed by atoms with E-state index in [9.17, 15) is 0 Å². The minimum atomic E-state index is -2.26. The van der Waals surface area contributed by atoms with E-state index >= 15 is 0 Å². The van der Waals surface area contributed by atoms with Crippen LogP contribution >= 0.6 is 0 Å². The van der Waals surface area contributed by atoms with Crippen molar-refractivity contribution in [2.24, 2.45) is 0 Å². The van der Waals surface area contributed by atoms with Crippen molar-refractivity contribution in [2.45, 2.75) is 105 Å². The molecule has 47 heavy (non-hydrogen) atoms. The Labute approximate surface area is 287 Å². The summed E-state index contributed by atoms with van der Waals surface area (Å²) in [5, 5.41) is 3.33. The molecule has 0 atom stereocenters. The first kappa shape index (κ1) is 33.5. The molecular formula is C46H54Si. The molecule has 0 amide bonds. The predicted molar refractivity (Wildman–Crippen MR) is 209 cm³/mol. The van der Waals surface area contributed by atoms with E-state index < -0.39 is 8.07 Å². The Kier molecular flexibility index (Phi) is 9.95. The van der Waals surface area contributed by atoms with Gasteiger partial charge >= 0.3 is 0 Å². The molecule has 0 unspecified atom stereocenters. The van der Waals surface area contributed by atoms with E-state index in [4.69, 9.17) is 0 Å². The van der Waals surface area contributed by atoms with Gasteiger partial charge in [0.15, 0.2) is 0 Å². The van der Waals surface area contributed by atoms with E-state index in [1.54, 1.807) is 21.5 Å². The number of allylic oxidation sites excluding steroid dienone is 2. The monoisotopic (exact) mass is 634 g/mol. The van der Waals surface area contributed by atoms with E-state index in [1.807, 2.05) is 0 Å². The molecule has 4 aromatic carbocycles. The highest BCUT2D eigenvalue weighted by atomic mass is 28.3. The summed E-state index contributed by atoms with van der Waals surface area (Å²) in [5.74, 6) is 1.06. The van der Waals surface area contributed by atoms with Crippen LogP contribution in [0.15, 0.2) is 96.1 Å². The van der Waals surface area contributed by atoms with Crippen LogP contribution < -0.4 is 0 Å². The first-order valence-corrected chi connectivity index (χ1v) is 21.3. The number of hydrogen-bond acceptors (Lipinski definition) is 0. The Morgan fingerprint density at radius 2 is 0.894 bits per heavy atom. The van der Waals surface area contributed by atoms with Crippen molar-refractivity contribution in [3.63, 3.8) is 0 Å². The molecule has 242 valence electrons. The summed E-state index contributed by atoms with van der Waals surface area (Å²) in [6.07, 6.45) is 12.3. The van der Waals surface area contributed by atoms with Crippen molar-refractivity contribution < 1.29 is 0 Å². The lowest BCUT2D eigenvalue weighted by molar-refractivity contribution is 0.795. The van der Waals surface area contributed by atoms with Gasteiger partial charge in [-0.1, -0.05) is 164 Å². The van der Waals surface area contributed by atoms with Crippen LogP contribution in [0.2, 0.25) is 13.1 Å². The van der Waals surface area contributed by atoms with Gasteiger partial charge in [-0.05, 0) is 104 Å². The zero-order valence-electron chi connectivity index (χ0n) is 30.1. The number of hydrogen-bond donors (Lipinski definition) is 0. The van der Waals surface area contributed by atoms with Crippen LogP contribution in [-0.2, 0) is 0 Å². The van der Waals surface area contributed by atoms with Gasteiger partial charge in [-0.15, -0.1) is 0 Å². The second-order valence-electron chi connectivity index (χ2n) is 15.0.